The quantitative estimate of drug-likeness (QED) is 0.526. The van der Waals surface area contributed by atoms with Crippen LogP contribution in [0.15, 0.2) is 61.2 Å². The summed E-state index contributed by atoms with van der Waals surface area (Å²) in [5, 5.41) is 0.721. The predicted octanol–water partition coefficient (Wildman–Crippen LogP) is 3.86. The first-order valence-corrected chi connectivity index (χ1v) is 6.20. The van der Waals surface area contributed by atoms with Crippen molar-refractivity contribution in [1.29, 1.82) is 0 Å². The molecule has 0 unspecified atom stereocenters. The van der Waals surface area contributed by atoms with E-state index in [1.54, 1.807) is 0 Å². The van der Waals surface area contributed by atoms with Crippen LogP contribution in [0.2, 0.25) is 5.02 Å². The topological polar surface area (TPSA) is 38.7 Å². The van der Waals surface area contributed by atoms with Crippen molar-refractivity contribution in [3.63, 3.8) is 0 Å². The summed E-state index contributed by atoms with van der Waals surface area (Å²) in [5.74, 6) is 0.648. The van der Waals surface area contributed by atoms with E-state index in [9.17, 15) is 0 Å². The monoisotopic (exact) mass is 267 g/mol. The number of nitrogens with zero attached hydrogens (tertiary/aromatic N) is 3. The number of aromatic nitrogens is 3. The molecule has 2 aromatic rings. The Hall–Kier alpha value is -2.26. The van der Waals surface area contributed by atoms with E-state index in [-0.39, 0.29) is 0 Å². The van der Waals surface area contributed by atoms with Gasteiger partial charge >= 0.3 is 0 Å². The fourth-order valence-corrected chi connectivity index (χ4v) is 2.08. The molecule has 3 nitrogen and oxygen atoms in total. The lowest BCUT2D eigenvalue weighted by molar-refractivity contribution is 1.06. The minimum absolute atomic E-state index is 0.648. The van der Waals surface area contributed by atoms with Crippen LogP contribution in [0.3, 0.4) is 0 Å². The maximum atomic E-state index is 6.00. The van der Waals surface area contributed by atoms with Gasteiger partial charge < -0.3 is 0 Å². The molecule has 2 aliphatic rings. The molecule has 0 fully saturated rings. The number of benzene rings is 2. The molecule has 1 aromatic carbocycles. The van der Waals surface area contributed by atoms with Gasteiger partial charge in [0.2, 0.25) is 0 Å². The van der Waals surface area contributed by atoms with Gasteiger partial charge in [-0.3, -0.25) is 0 Å². The van der Waals surface area contributed by atoms with Crippen LogP contribution in [0.25, 0.3) is 22.5 Å². The molecule has 2 aliphatic carbocycles. The third kappa shape index (κ3) is 2.61. The molecular formula is C15H10ClN3. The van der Waals surface area contributed by atoms with Crippen LogP contribution in [0.4, 0.5) is 0 Å². The van der Waals surface area contributed by atoms with Gasteiger partial charge in [-0.1, -0.05) is 48.0 Å². The van der Waals surface area contributed by atoms with Gasteiger partial charge in [-0.25, -0.2) is 15.0 Å². The SMILES string of the molecule is Clc1cc2cc-2c1-c1ncncn1.c1ccccc1. The largest absolute Gasteiger partial charge is 0.225 e. The fourth-order valence-electron chi connectivity index (χ4n) is 1.77. The zero-order chi connectivity index (χ0) is 13.1. The van der Waals surface area contributed by atoms with Crippen LogP contribution in [0.1, 0.15) is 0 Å². The Balaban J connectivity index is 0.000000155. The maximum absolute atomic E-state index is 6.00. The van der Waals surface area contributed by atoms with Crippen LogP contribution in [-0.4, -0.2) is 15.0 Å². The molecule has 92 valence electrons. The lowest BCUT2D eigenvalue weighted by Gasteiger charge is -1.95. The van der Waals surface area contributed by atoms with E-state index in [0.717, 1.165) is 16.1 Å². The van der Waals surface area contributed by atoms with Gasteiger partial charge in [-0.15, -0.1) is 0 Å². The van der Waals surface area contributed by atoms with Gasteiger partial charge in [0.1, 0.15) is 12.7 Å². The van der Waals surface area contributed by atoms with E-state index >= 15 is 0 Å². The van der Waals surface area contributed by atoms with E-state index in [1.807, 2.05) is 42.5 Å². The van der Waals surface area contributed by atoms with Crippen molar-refractivity contribution >= 4 is 11.6 Å². The summed E-state index contributed by atoms with van der Waals surface area (Å²) in [6, 6.07) is 16.0. The lowest BCUT2D eigenvalue weighted by atomic mass is 10.3. The first-order chi connectivity index (χ1) is 9.36. The Morgan fingerprint density at radius 3 is 1.84 bits per heavy atom. The Morgan fingerprint density at radius 2 is 1.37 bits per heavy atom. The van der Waals surface area contributed by atoms with Crippen molar-refractivity contribution in [2.24, 2.45) is 0 Å². The smallest absolute Gasteiger partial charge is 0.164 e. The van der Waals surface area contributed by atoms with E-state index in [0.29, 0.717) is 5.82 Å². The van der Waals surface area contributed by atoms with Crippen LogP contribution in [0.5, 0.6) is 0 Å². The molecule has 0 amide bonds. The van der Waals surface area contributed by atoms with Gasteiger partial charge in [-0.2, -0.15) is 0 Å². The van der Waals surface area contributed by atoms with Crippen LogP contribution in [-0.2, 0) is 0 Å². The third-order valence-corrected chi connectivity index (χ3v) is 3.00. The second-order valence-electron chi connectivity index (χ2n) is 4.00. The first kappa shape index (κ1) is 11.8. The Morgan fingerprint density at radius 1 is 0.789 bits per heavy atom. The van der Waals surface area contributed by atoms with Crippen LogP contribution in [0, 0.1) is 0 Å². The summed E-state index contributed by atoms with van der Waals surface area (Å²) in [6.07, 6.45) is 2.95. The molecule has 0 bridgehead atoms. The Kier molecular flexibility index (Phi) is 3.21. The second-order valence-corrected chi connectivity index (χ2v) is 4.40. The number of halogens is 1. The molecule has 0 spiro atoms. The summed E-state index contributed by atoms with van der Waals surface area (Å²) < 4.78 is 0. The Labute approximate surface area is 116 Å². The first-order valence-electron chi connectivity index (χ1n) is 5.82. The average Bonchev–Trinajstić information content (AvgIpc) is 3.14. The molecule has 4 heteroatoms. The minimum atomic E-state index is 0.648. The summed E-state index contributed by atoms with van der Waals surface area (Å²) in [5.41, 5.74) is 3.29. The standard InChI is InChI=1S/C9H4ClN3.C6H6/c10-7-2-5-1-6(5)8(7)9-12-3-11-4-13-9;1-2-4-6-5-3-1/h1-4H;1-6H. The van der Waals surface area contributed by atoms with Gasteiger partial charge in [-0.05, 0) is 23.3 Å². The van der Waals surface area contributed by atoms with Crippen molar-refractivity contribution in [1.82, 2.24) is 15.0 Å². The zero-order valence-electron chi connectivity index (χ0n) is 9.99. The average molecular weight is 268 g/mol. The Bertz CT molecular complexity index is 658. The highest BCUT2D eigenvalue weighted by molar-refractivity contribution is 6.35. The third-order valence-electron chi connectivity index (χ3n) is 2.70. The van der Waals surface area contributed by atoms with Gasteiger partial charge in [0.05, 0.1) is 5.02 Å². The van der Waals surface area contributed by atoms with E-state index < -0.39 is 0 Å². The molecule has 0 saturated carbocycles. The fraction of sp³-hybridized carbons (Fsp3) is 0. The summed E-state index contributed by atoms with van der Waals surface area (Å²) in [4.78, 5) is 11.9. The summed E-state index contributed by atoms with van der Waals surface area (Å²) in [7, 11) is 0. The highest BCUT2D eigenvalue weighted by Gasteiger charge is 2.24. The van der Waals surface area contributed by atoms with E-state index in [2.05, 4.69) is 21.0 Å². The van der Waals surface area contributed by atoms with Gasteiger partial charge in [0.25, 0.3) is 0 Å². The normalized spacial score (nSPS) is 10.4. The van der Waals surface area contributed by atoms with Gasteiger partial charge in [0, 0.05) is 5.56 Å². The van der Waals surface area contributed by atoms with Crippen molar-refractivity contribution in [2.45, 2.75) is 0 Å². The zero-order valence-corrected chi connectivity index (χ0v) is 10.7. The van der Waals surface area contributed by atoms with Crippen LogP contribution < -0.4 is 0 Å². The molecular weight excluding hydrogens is 258 g/mol. The number of fused-ring (bicyclic) bond motifs is 1. The highest BCUT2D eigenvalue weighted by atomic mass is 35.5. The van der Waals surface area contributed by atoms with Crippen molar-refractivity contribution in [3.05, 3.63) is 66.2 Å². The van der Waals surface area contributed by atoms with E-state index in [1.165, 1.54) is 18.2 Å². The molecule has 4 rings (SSSR count). The van der Waals surface area contributed by atoms with E-state index in [4.69, 9.17) is 11.6 Å². The van der Waals surface area contributed by atoms with Crippen molar-refractivity contribution < 1.29 is 0 Å². The lowest BCUT2D eigenvalue weighted by Crippen LogP contribution is -1.87. The molecule has 0 saturated heterocycles. The number of hydrogen-bond donors (Lipinski definition) is 0. The highest BCUT2D eigenvalue weighted by Crippen LogP contribution is 2.47. The molecule has 19 heavy (non-hydrogen) atoms. The maximum Gasteiger partial charge on any atom is 0.164 e. The number of rotatable bonds is 1. The molecule has 0 atom stereocenters. The molecule has 1 aromatic heterocycles. The van der Waals surface area contributed by atoms with Crippen LogP contribution >= 0.6 is 11.6 Å². The molecule has 1 heterocycles. The van der Waals surface area contributed by atoms with Crippen molar-refractivity contribution in [2.75, 3.05) is 0 Å². The van der Waals surface area contributed by atoms with Gasteiger partial charge in [0.15, 0.2) is 5.82 Å². The number of hydrogen-bond acceptors (Lipinski definition) is 3. The minimum Gasteiger partial charge on any atom is -0.225 e. The molecule has 0 N–H and O–H groups in total. The predicted molar refractivity (Wildman–Crippen MR) is 75.7 cm³/mol. The summed E-state index contributed by atoms with van der Waals surface area (Å²) in [6.45, 7) is 0. The summed E-state index contributed by atoms with van der Waals surface area (Å²) >= 11 is 6.00. The second kappa shape index (κ2) is 5.16. The molecule has 0 radical (unpaired) electrons. The molecule has 0 aliphatic heterocycles. The van der Waals surface area contributed by atoms with Crippen molar-refractivity contribution in [3.8, 4) is 22.5 Å².